The van der Waals surface area contributed by atoms with Gasteiger partial charge in [-0.2, -0.15) is 0 Å². The van der Waals surface area contributed by atoms with Crippen LogP contribution < -0.4 is 5.73 Å². The van der Waals surface area contributed by atoms with Crippen molar-refractivity contribution in [3.8, 4) is 0 Å². The minimum Gasteiger partial charge on any atom is -0.396 e. The summed E-state index contributed by atoms with van der Waals surface area (Å²) in [4.78, 5) is 2.40. The summed E-state index contributed by atoms with van der Waals surface area (Å²) in [7, 11) is 0. The van der Waals surface area contributed by atoms with Crippen molar-refractivity contribution < 1.29 is 5.11 Å². The van der Waals surface area contributed by atoms with Gasteiger partial charge in [-0.1, -0.05) is 6.92 Å². The Balaban J connectivity index is 3.33. The number of rotatable bonds is 9. The molecule has 3 N–H and O–H groups in total. The molecule has 0 rings (SSSR count). The molecule has 0 bridgehead atoms. The maximum atomic E-state index is 8.60. The Bertz CT molecular complexity index is 92.9. The minimum absolute atomic E-state index is 0.324. The van der Waals surface area contributed by atoms with Crippen molar-refractivity contribution in [2.24, 2.45) is 5.73 Å². The molecule has 0 heterocycles. The molecule has 0 aromatic carbocycles. The third-order valence-corrected chi connectivity index (χ3v) is 2.12. The lowest BCUT2D eigenvalue weighted by molar-refractivity contribution is 0.256. The fourth-order valence-corrected chi connectivity index (χ4v) is 1.46. The zero-order chi connectivity index (χ0) is 9.94. The number of hydrogen-bond donors (Lipinski definition) is 2. The van der Waals surface area contributed by atoms with Crippen molar-refractivity contribution in [1.29, 1.82) is 0 Å². The van der Waals surface area contributed by atoms with Gasteiger partial charge in [0.25, 0.3) is 0 Å². The molecule has 0 amide bonds. The molecular weight excluding hydrogens is 164 g/mol. The molecule has 0 aliphatic heterocycles. The third-order valence-electron chi connectivity index (χ3n) is 2.12. The Kier molecular flexibility index (Phi) is 9.87. The van der Waals surface area contributed by atoms with Crippen LogP contribution in [-0.2, 0) is 0 Å². The molecule has 0 radical (unpaired) electrons. The molecule has 0 saturated heterocycles. The Hall–Kier alpha value is -0.120. The summed E-state index contributed by atoms with van der Waals surface area (Å²) in [6.45, 7) is 6.55. The lowest BCUT2D eigenvalue weighted by atomic mass is 10.2. The molecule has 0 aromatic heterocycles. The summed E-state index contributed by atoms with van der Waals surface area (Å²) in [6, 6.07) is 0. The van der Waals surface area contributed by atoms with E-state index in [9.17, 15) is 0 Å². The second kappa shape index (κ2) is 9.96. The molecule has 0 aliphatic carbocycles. The minimum atomic E-state index is 0.324. The summed E-state index contributed by atoms with van der Waals surface area (Å²) >= 11 is 0. The quantitative estimate of drug-likeness (QED) is 0.527. The molecule has 3 heteroatoms. The van der Waals surface area contributed by atoms with Crippen LogP contribution in [0.5, 0.6) is 0 Å². The second-order valence-corrected chi connectivity index (χ2v) is 3.41. The van der Waals surface area contributed by atoms with Crippen LogP contribution in [0.15, 0.2) is 0 Å². The van der Waals surface area contributed by atoms with E-state index < -0.39 is 0 Å². The largest absolute Gasteiger partial charge is 0.396 e. The van der Waals surface area contributed by atoms with Crippen molar-refractivity contribution in [2.45, 2.75) is 32.6 Å². The summed E-state index contributed by atoms with van der Waals surface area (Å²) in [5, 5.41) is 8.60. The molecule has 0 spiro atoms. The van der Waals surface area contributed by atoms with Crippen molar-refractivity contribution in [3.63, 3.8) is 0 Å². The first-order chi connectivity index (χ1) is 6.35. The molecule has 0 atom stereocenters. The van der Waals surface area contributed by atoms with Crippen LogP contribution in [0.4, 0.5) is 0 Å². The van der Waals surface area contributed by atoms with Crippen LogP contribution in [0.3, 0.4) is 0 Å². The second-order valence-electron chi connectivity index (χ2n) is 3.41. The van der Waals surface area contributed by atoms with Crippen molar-refractivity contribution in [1.82, 2.24) is 4.90 Å². The lowest BCUT2D eigenvalue weighted by Crippen LogP contribution is -2.31. The van der Waals surface area contributed by atoms with E-state index in [0.29, 0.717) is 6.61 Å². The normalized spacial score (nSPS) is 11.1. The average molecular weight is 188 g/mol. The van der Waals surface area contributed by atoms with Gasteiger partial charge in [0.05, 0.1) is 0 Å². The number of unbranched alkanes of at least 4 members (excludes halogenated alkanes) is 2. The van der Waals surface area contributed by atoms with Crippen LogP contribution in [0, 0.1) is 0 Å². The van der Waals surface area contributed by atoms with Crippen molar-refractivity contribution in [2.75, 3.05) is 32.8 Å². The number of nitrogens with two attached hydrogens (primary N) is 1. The fourth-order valence-electron chi connectivity index (χ4n) is 1.46. The van der Waals surface area contributed by atoms with Crippen LogP contribution in [0.25, 0.3) is 0 Å². The smallest absolute Gasteiger partial charge is 0.0431 e. The maximum Gasteiger partial charge on any atom is 0.0431 e. The Labute approximate surface area is 81.9 Å². The maximum absolute atomic E-state index is 8.60. The van der Waals surface area contributed by atoms with E-state index in [2.05, 4.69) is 11.8 Å². The van der Waals surface area contributed by atoms with E-state index in [-0.39, 0.29) is 0 Å². The van der Waals surface area contributed by atoms with Crippen LogP contribution >= 0.6 is 0 Å². The molecule has 80 valence electrons. The molecule has 3 nitrogen and oxygen atoms in total. The fraction of sp³-hybridized carbons (Fsp3) is 1.00. The summed E-state index contributed by atoms with van der Waals surface area (Å²) < 4.78 is 0. The summed E-state index contributed by atoms with van der Waals surface area (Å²) in [5.74, 6) is 0. The molecule has 0 unspecified atom stereocenters. The molecule has 0 aromatic rings. The van der Waals surface area contributed by atoms with E-state index in [1.54, 1.807) is 0 Å². The Morgan fingerprint density at radius 2 is 1.85 bits per heavy atom. The molecule has 0 aliphatic rings. The van der Waals surface area contributed by atoms with Gasteiger partial charge >= 0.3 is 0 Å². The van der Waals surface area contributed by atoms with E-state index in [4.69, 9.17) is 10.8 Å². The zero-order valence-corrected chi connectivity index (χ0v) is 8.84. The summed E-state index contributed by atoms with van der Waals surface area (Å²) in [6.07, 6.45) is 4.43. The highest BCUT2D eigenvalue weighted by Gasteiger charge is 2.00. The van der Waals surface area contributed by atoms with Gasteiger partial charge in [0.2, 0.25) is 0 Å². The highest BCUT2D eigenvalue weighted by atomic mass is 16.2. The molecule has 0 saturated carbocycles. The highest BCUT2D eigenvalue weighted by Crippen LogP contribution is 1.98. The van der Waals surface area contributed by atoms with E-state index >= 15 is 0 Å². The van der Waals surface area contributed by atoms with Gasteiger partial charge in [-0.25, -0.2) is 0 Å². The van der Waals surface area contributed by atoms with Gasteiger partial charge < -0.3 is 15.7 Å². The van der Waals surface area contributed by atoms with Gasteiger partial charge in [0.1, 0.15) is 0 Å². The molecule has 13 heavy (non-hydrogen) atoms. The lowest BCUT2D eigenvalue weighted by Gasteiger charge is -2.20. The van der Waals surface area contributed by atoms with Crippen LogP contribution in [0.2, 0.25) is 0 Å². The topological polar surface area (TPSA) is 49.5 Å². The Morgan fingerprint density at radius 1 is 1.08 bits per heavy atom. The zero-order valence-electron chi connectivity index (χ0n) is 8.84. The monoisotopic (exact) mass is 188 g/mol. The number of nitrogens with zero attached hydrogens (tertiary/aromatic N) is 1. The van der Waals surface area contributed by atoms with Crippen LogP contribution in [-0.4, -0.2) is 42.8 Å². The van der Waals surface area contributed by atoms with Gasteiger partial charge in [-0.15, -0.1) is 0 Å². The van der Waals surface area contributed by atoms with Gasteiger partial charge in [-0.05, 0) is 38.8 Å². The standard InChI is InChI=1S/C10H24N2O/c1-2-7-12(9-6-11)8-4-3-5-10-13/h13H,2-11H2,1H3. The first-order valence-electron chi connectivity index (χ1n) is 5.38. The predicted molar refractivity (Wildman–Crippen MR) is 56.7 cm³/mol. The van der Waals surface area contributed by atoms with Gasteiger partial charge in [-0.3, -0.25) is 0 Å². The highest BCUT2D eigenvalue weighted by molar-refractivity contribution is 4.57. The first kappa shape index (κ1) is 12.9. The van der Waals surface area contributed by atoms with Crippen molar-refractivity contribution >= 4 is 0 Å². The van der Waals surface area contributed by atoms with E-state index in [0.717, 1.165) is 39.0 Å². The first-order valence-corrected chi connectivity index (χ1v) is 5.38. The third kappa shape index (κ3) is 8.22. The average Bonchev–Trinajstić information content (AvgIpc) is 2.13. The number of aliphatic hydroxyl groups excluding tert-OH is 1. The SMILES string of the molecule is CCCN(CCN)CCCCCO. The number of aliphatic hydroxyl groups is 1. The molecule has 0 fully saturated rings. The van der Waals surface area contributed by atoms with Crippen LogP contribution in [0.1, 0.15) is 32.6 Å². The molecular formula is C10H24N2O. The predicted octanol–water partition coefficient (Wildman–Crippen LogP) is 0.820. The van der Waals surface area contributed by atoms with E-state index in [1.807, 2.05) is 0 Å². The summed E-state index contributed by atoms with van der Waals surface area (Å²) in [5.41, 5.74) is 5.51. The van der Waals surface area contributed by atoms with Gasteiger partial charge in [0.15, 0.2) is 0 Å². The van der Waals surface area contributed by atoms with Gasteiger partial charge in [0, 0.05) is 19.7 Å². The number of hydrogen-bond acceptors (Lipinski definition) is 3. The van der Waals surface area contributed by atoms with Crippen molar-refractivity contribution in [3.05, 3.63) is 0 Å². The Morgan fingerprint density at radius 3 is 2.38 bits per heavy atom. The van der Waals surface area contributed by atoms with E-state index in [1.165, 1.54) is 12.8 Å².